The van der Waals surface area contributed by atoms with Crippen LogP contribution in [0.3, 0.4) is 0 Å². The van der Waals surface area contributed by atoms with Gasteiger partial charge in [0.05, 0.1) is 31.2 Å². The van der Waals surface area contributed by atoms with Crippen LogP contribution < -0.4 is 25.8 Å². The fourth-order valence-corrected chi connectivity index (χ4v) is 4.04. The van der Waals surface area contributed by atoms with Crippen LogP contribution in [0, 0.1) is 0 Å². The maximum atomic E-state index is 13.6. The zero-order valence-corrected chi connectivity index (χ0v) is 21.0. The van der Waals surface area contributed by atoms with Gasteiger partial charge in [-0.2, -0.15) is 18.2 Å². The molecule has 3 N–H and O–H groups in total. The zero-order valence-electron chi connectivity index (χ0n) is 21.0. The summed E-state index contributed by atoms with van der Waals surface area (Å²) in [5.41, 5.74) is 0.325. The van der Waals surface area contributed by atoms with E-state index in [2.05, 4.69) is 43.7 Å². The number of nitrogens with one attached hydrogen (secondary N) is 3. The number of hydrogen-bond donors (Lipinski definition) is 3. The van der Waals surface area contributed by atoms with Gasteiger partial charge < -0.3 is 25.3 Å². The van der Waals surface area contributed by atoms with E-state index in [1.54, 1.807) is 12.1 Å². The van der Waals surface area contributed by atoms with Gasteiger partial charge in [0.15, 0.2) is 11.6 Å². The molecule has 0 unspecified atom stereocenters. The maximum Gasteiger partial charge on any atom is 0.401 e. The first kappa shape index (κ1) is 27.6. The lowest BCUT2D eigenvalue weighted by Crippen LogP contribution is -2.49. The molecule has 1 saturated heterocycles. The minimum Gasteiger partial charge on any atom is -0.493 e. The molecule has 0 bridgehead atoms. The number of piperazine rings is 1. The molecule has 14 heteroatoms. The third-order valence-corrected chi connectivity index (χ3v) is 5.86. The Balaban J connectivity index is 1.46. The molecule has 0 amide bonds. The summed E-state index contributed by atoms with van der Waals surface area (Å²) in [6, 6.07) is 4.65. The molecule has 3 aromatic heterocycles. The van der Waals surface area contributed by atoms with Crippen molar-refractivity contribution in [3.05, 3.63) is 65.4 Å². The Morgan fingerprint density at radius 3 is 2.59 bits per heavy atom. The van der Waals surface area contributed by atoms with Gasteiger partial charge >= 0.3 is 6.18 Å². The number of anilines is 5. The van der Waals surface area contributed by atoms with Crippen LogP contribution in [-0.2, 0) is 0 Å². The quantitative estimate of drug-likeness (QED) is 0.338. The first-order valence-corrected chi connectivity index (χ1v) is 11.8. The van der Waals surface area contributed by atoms with Crippen LogP contribution in [0.5, 0.6) is 5.75 Å². The van der Waals surface area contributed by atoms with Crippen LogP contribution in [-0.4, -0.2) is 70.8 Å². The van der Waals surface area contributed by atoms with Gasteiger partial charge in [0.1, 0.15) is 17.3 Å². The number of ether oxygens (including phenoxy) is 1. The van der Waals surface area contributed by atoms with Crippen molar-refractivity contribution in [1.82, 2.24) is 24.8 Å². The van der Waals surface area contributed by atoms with Crippen LogP contribution in [0.25, 0.3) is 11.9 Å². The molecule has 39 heavy (non-hydrogen) atoms. The molecule has 4 heterocycles. The van der Waals surface area contributed by atoms with Crippen LogP contribution >= 0.6 is 0 Å². The molecule has 0 atom stereocenters. The monoisotopic (exact) mass is 546 g/mol. The minimum absolute atomic E-state index is 0.0568. The highest BCUT2D eigenvalue weighted by Gasteiger charge is 2.32. The SMILES string of the molecule is C=Cc1cc(Nc2ccnc(Nc3cnc(N4CCN(CC(F)(F)F)CC4)c(OC)c3)n2)c(=O)[nH]c1C(=C)F. The van der Waals surface area contributed by atoms with Crippen LogP contribution in [0.4, 0.5) is 46.5 Å². The van der Waals surface area contributed by atoms with Crippen molar-refractivity contribution in [3.8, 4) is 5.75 Å². The summed E-state index contributed by atoms with van der Waals surface area (Å²) in [6.07, 6.45) is 0.158. The number of pyridine rings is 2. The van der Waals surface area contributed by atoms with Gasteiger partial charge in [-0.1, -0.05) is 19.2 Å². The summed E-state index contributed by atoms with van der Waals surface area (Å²) in [4.78, 5) is 31.0. The molecular formula is C25H26F4N8O2. The van der Waals surface area contributed by atoms with E-state index in [1.807, 2.05) is 4.90 Å². The molecule has 1 aliphatic rings. The highest BCUT2D eigenvalue weighted by Crippen LogP contribution is 2.31. The lowest BCUT2D eigenvalue weighted by molar-refractivity contribution is -0.146. The van der Waals surface area contributed by atoms with Crippen LogP contribution in [0.2, 0.25) is 0 Å². The number of nitrogens with zero attached hydrogens (tertiary/aromatic N) is 5. The second-order valence-electron chi connectivity index (χ2n) is 8.60. The molecule has 0 spiro atoms. The third-order valence-electron chi connectivity index (χ3n) is 5.86. The maximum absolute atomic E-state index is 13.6. The van der Waals surface area contributed by atoms with Gasteiger partial charge in [0.25, 0.3) is 5.56 Å². The summed E-state index contributed by atoms with van der Waals surface area (Å²) in [5, 5.41) is 5.88. The van der Waals surface area contributed by atoms with Crippen molar-refractivity contribution < 1.29 is 22.3 Å². The molecule has 4 rings (SSSR count). The first-order valence-electron chi connectivity index (χ1n) is 11.8. The third kappa shape index (κ3) is 6.90. The van der Waals surface area contributed by atoms with E-state index in [9.17, 15) is 22.4 Å². The lowest BCUT2D eigenvalue weighted by Gasteiger charge is -2.36. The molecule has 1 fully saturated rings. The first-order chi connectivity index (χ1) is 18.6. The molecule has 206 valence electrons. The molecule has 10 nitrogen and oxygen atoms in total. The van der Waals surface area contributed by atoms with Crippen molar-refractivity contribution in [2.45, 2.75) is 6.18 Å². The van der Waals surface area contributed by atoms with E-state index >= 15 is 0 Å². The normalized spacial score (nSPS) is 14.1. The average molecular weight is 547 g/mol. The van der Waals surface area contributed by atoms with E-state index < -0.39 is 24.1 Å². The highest BCUT2D eigenvalue weighted by molar-refractivity contribution is 5.70. The second kappa shape index (κ2) is 11.5. The average Bonchev–Trinajstić information content (AvgIpc) is 2.89. The molecule has 0 aromatic carbocycles. The smallest absolute Gasteiger partial charge is 0.401 e. The van der Waals surface area contributed by atoms with Crippen LogP contribution in [0.1, 0.15) is 11.3 Å². The topological polar surface area (TPSA) is 111 Å². The summed E-state index contributed by atoms with van der Waals surface area (Å²) in [6.45, 7) is 7.14. The fraction of sp³-hybridized carbons (Fsp3) is 0.280. The number of hydrogen-bond acceptors (Lipinski definition) is 9. The Kier molecular flexibility index (Phi) is 8.14. The van der Waals surface area contributed by atoms with E-state index in [0.29, 0.717) is 35.9 Å². The van der Waals surface area contributed by atoms with Gasteiger partial charge in [0.2, 0.25) is 5.95 Å². The van der Waals surface area contributed by atoms with Crippen molar-refractivity contribution in [1.29, 1.82) is 0 Å². The van der Waals surface area contributed by atoms with E-state index in [-0.39, 0.29) is 36.2 Å². The second-order valence-corrected chi connectivity index (χ2v) is 8.60. The van der Waals surface area contributed by atoms with Crippen LogP contribution in [0.15, 0.2) is 48.5 Å². The number of aromatic nitrogens is 4. The minimum atomic E-state index is -4.24. The predicted molar refractivity (Wildman–Crippen MR) is 141 cm³/mol. The lowest BCUT2D eigenvalue weighted by atomic mass is 10.1. The Hall–Kier alpha value is -4.46. The Morgan fingerprint density at radius 2 is 1.95 bits per heavy atom. The Labute approximate surface area is 221 Å². The summed E-state index contributed by atoms with van der Waals surface area (Å²) in [5.74, 6) is 0.625. The molecule has 0 aliphatic carbocycles. The largest absolute Gasteiger partial charge is 0.493 e. The van der Waals surface area contributed by atoms with Crippen molar-refractivity contribution in [2.24, 2.45) is 0 Å². The van der Waals surface area contributed by atoms with Crippen molar-refractivity contribution >= 4 is 40.9 Å². The van der Waals surface area contributed by atoms with Gasteiger partial charge in [-0.05, 0) is 12.1 Å². The Morgan fingerprint density at radius 1 is 1.21 bits per heavy atom. The highest BCUT2D eigenvalue weighted by atomic mass is 19.4. The number of methoxy groups -OCH3 is 1. The summed E-state index contributed by atoms with van der Waals surface area (Å²) >= 11 is 0. The number of halogens is 4. The molecule has 1 aliphatic heterocycles. The predicted octanol–water partition coefficient (Wildman–Crippen LogP) is 4.32. The standard InChI is InChI=1S/C25H26F4N8O2/c1-4-16-11-18(23(38)35-21(16)15(2)26)33-20-5-6-30-24(34-20)32-17-12-19(39-3)22(31-13-17)37-9-7-36(8-10-37)14-25(27,28)29/h4-6,11-13H,1-2,7-10,14H2,3H3,(H,35,38)(H2,30,32,33,34). The van der Waals surface area contributed by atoms with E-state index in [0.717, 1.165) is 0 Å². The van der Waals surface area contributed by atoms with Crippen molar-refractivity contribution in [3.63, 3.8) is 0 Å². The fourth-order valence-electron chi connectivity index (χ4n) is 4.04. The number of H-pyrrole nitrogens is 1. The van der Waals surface area contributed by atoms with Gasteiger partial charge in [-0.3, -0.25) is 9.69 Å². The van der Waals surface area contributed by atoms with Gasteiger partial charge in [0, 0.05) is 44.0 Å². The molecular weight excluding hydrogens is 520 g/mol. The van der Waals surface area contributed by atoms with E-state index in [4.69, 9.17) is 4.74 Å². The van der Waals surface area contributed by atoms with Gasteiger partial charge in [-0.15, -0.1) is 0 Å². The number of alkyl halides is 3. The molecule has 0 saturated carbocycles. The zero-order chi connectivity index (χ0) is 28.2. The number of aromatic amines is 1. The molecule has 3 aromatic rings. The summed E-state index contributed by atoms with van der Waals surface area (Å²) < 4.78 is 57.1. The number of rotatable bonds is 9. The summed E-state index contributed by atoms with van der Waals surface area (Å²) in [7, 11) is 1.48. The molecule has 0 radical (unpaired) electrons. The van der Waals surface area contributed by atoms with E-state index in [1.165, 1.54) is 36.5 Å². The van der Waals surface area contributed by atoms with Crippen molar-refractivity contribution in [2.75, 3.05) is 55.4 Å². The van der Waals surface area contributed by atoms with Gasteiger partial charge in [-0.25, -0.2) is 14.4 Å². The Bertz CT molecular complexity index is 1420.